The van der Waals surface area contributed by atoms with E-state index < -0.39 is 0 Å². The normalized spacial score (nSPS) is 22.3. The van der Waals surface area contributed by atoms with E-state index in [9.17, 15) is 0 Å². The lowest BCUT2D eigenvalue weighted by Gasteiger charge is -2.43. The summed E-state index contributed by atoms with van der Waals surface area (Å²) in [7, 11) is 0. The Morgan fingerprint density at radius 1 is 1.04 bits per heavy atom. The average molecular weight is 305 g/mol. The van der Waals surface area contributed by atoms with E-state index in [0.717, 1.165) is 17.9 Å². The molecular weight excluding hydrogens is 282 g/mol. The Labute approximate surface area is 138 Å². The van der Waals surface area contributed by atoms with Crippen LogP contribution in [0.15, 0.2) is 41.4 Å². The fourth-order valence-electron chi connectivity index (χ4n) is 3.86. The minimum absolute atomic E-state index is 0.358. The van der Waals surface area contributed by atoms with Gasteiger partial charge in [-0.15, -0.1) is 0 Å². The molecule has 0 radical (unpaired) electrons. The molecule has 4 rings (SSSR count). The molecule has 3 heteroatoms. The first-order valence-corrected chi connectivity index (χ1v) is 8.36. The van der Waals surface area contributed by atoms with Crippen LogP contribution in [0.3, 0.4) is 0 Å². The molecule has 0 amide bonds. The van der Waals surface area contributed by atoms with E-state index in [-0.39, 0.29) is 0 Å². The molecule has 0 saturated heterocycles. The number of benzene rings is 2. The van der Waals surface area contributed by atoms with E-state index in [2.05, 4.69) is 74.3 Å². The molecule has 2 atom stereocenters. The van der Waals surface area contributed by atoms with E-state index in [1.807, 2.05) is 0 Å². The molecule has 3 nitrogen and oxygen atoms in total. The van der Waals surface area contributed by atoms with Gasteiger partial charge in [-0.2, -0.15) is 0 Å². The molecule has 2 heterocycles. The van der Waals surface area contributed by atoms with Crippen LogP contribution in [0.1, 0.15) is 43.0 Å². The molecular formula is C20H23N3. The maximum atomic E-state index is 4.89. The van der Waals surface area contributed by atoms with Crippen LogP contribution in [0.2, 0.25) is 0 Å². The molecule has 23 heavy (non-hydrogen) atoms. The first-order chi connectivity index (χ1) is 11.0. The lowest BCUT2D eigenvalue weighted by Crippen LogP contribution is -2.41. The summed E-state index contributed by atoms with van der Waals surface area (Å²) < 4.78 is 0. The van der Waals surface area contributed by atoms with Crippen molar-refractivity contribution >= 4 is 22.9 Å². The van der Waals surface area contributed by atoms with Gasteiger partial charge in [0.1, 0.15) is 5.84 Å². The highest BCUT2D eigenvalue weighted by atomic mass is 15.2. The molecule has 2 unspecified atom stereocenters. The summed E-state index contributed by atoms with van der Waals surface area (Å²) in [6.07, 6.45) is 1.09. The van der Waals surface area contributed by atoms with Gasteiger partial charge in [-0.1, -0.05) is 23.8 Å². The monoisotopic (exact) mass is 305 g/mol. The highest BCUT2D eigenvalue weighted by Crippen LogP contribution is 2.47. The third-order valence-electron chi connectivity index (χ3n) is 4.99. The Bertz CT molecular complexity index is 789. The second kappa shape index (κ2) is 5.12. The predicted molar refractivity (Wildman–Crippen MR) is 98.0 cm³/mol. The third-order valence-corrected chi connectivity index (χ3v) is 4.99. The molecule has 0 aliphatic carbocycles. The fraction of sp³-hybridized carbons (Fsp3) is 0.350. The van der Waals surface area contributed by atoms with Crippen molar-refractivity contribution in [2.24, 2.45) is 4.99 Å². The number of aryl methyl sites for hydroxylation is 2. The summed E-state index contributed by atoms with van der Waals surface area (Å²) in [5.41, 5.74) is 7.58. The quantitative estimate of drug-likeness (QED) is 0.792. The molecule has 2 aromatic carbocycles. The van der Waals surface area contributed by atoms with E-state index in [0.29, 0.717) is 12.1 Å². The smallest absolute Gasteiger partial charge is 0.107 e. The Balaban J connectivity index is 1.90. The van der Waals surface area contributed by atoms with Crippen molar-refractivity contribution in [2.75, 3.05) is 10.2 Å². The number of anilines is 2. The Hall–Kier alpha value is -2.29. The van der Waals surface area contributed by atoms with Crippen LogP contribution in [0.5, 0.6) is 0 Å². The summed E-state index contributed by atoms with van der Waals surface area (Å²) in [5, 5.41) is 3.67. The molecule has 0 aromatic heterocycles. The summed E-state index contributed by atoms with van der Waals surface area (Å²) in [4.78, 5) is 7.29. The van der Waals surface area contributed by atoms with Crippen LogP contribution in [0.25, 0.3) is 0 Å². The number of amidine groups is 1. The van der Waals surface area contributed by atoms with Crippen LogP contribution < -0.4 is 10.2 Å². The van der Waals surface area contributed by atoms with Gasteiger partial charge in [0.2, 0.25) is 0 Å². The predicted octanol–water partition coefficient (Wildman–Crippen LogP) is 5.12. The standard InChI is InChI=1S/C20H23N3/c1-12-5-8-16(9-6-12)23-15(4)22-17-10-7-13(2)20-19(17)18(23)11-14(3)21-20/h5-10,14,18,21H,11H2,1-4H3. The van der Waals surface area contributed by atoms with Crippen molar-refractivity contribution in [3.63, 3.8) is 0 Å². The van der Waals surface area contributed by atoms with Gasteiger partial charge in [0.25, 0.3) is 0 Å². The Morgan fingerprint density at radius 3 is 2.52 bits per heavy atom. The van der Waals surface area contributed by atoms with Crippen molar-refractivity contribution in [3.05, 3.63) is 53.1 Å². The first kappa shape index (κ1) is 14.3. The zero-order valence-electron chi connectivity index (χ0n) is 14.2. The highest BCUT2D eigenvalue weighted by Gasteiger charge is 2.36. The van der Waals surface area contributed by atoms with E-state index >= 15 is 0 Å². The topological polar surface area (TPSA) is 27.6 Å². The minimum atomic E-state index is 0.358. The maximum Gasteiger partial charge on any atom is 0.107 e. The number of hydrogen-bond donors (Lipinski definition) is 1. The summed E-state index contributed by atoms with van der Waals surface area (Å²) in [5.74, 6) is 1.08. The minimum Gasteiger partial charge on any atom is -0.382 e. The molecule has 1 N–H and O–H groups in total. The van der Waals surface area contributed by atoms with Gasteiger partial charge < -0.3 is 10.2 Å². The summed E-state index contributed by atoms with van der Waals surface area (Å²) in [6, 6.07) is 13.9. The van der Waals surface area contributed by atoms with Gasteiger partial charge in [-0.3, -0.25) is 0 Å². The van der Waals surface area contributed by atoms with E-state index in [1.54, 1.807) is 0 Å². The van der Waals surface area contributed by atoms with Crippen LogP contribution >= 0.6 is 0 Å². The van der Waals surface area contributed by atoms with Gasteiger partial charge >= 0.3 is 0 Å². The first-order valence-electron chi connectivity index (χ1n) is 8.36. The van der Waals surface area contributed by atoms with Crippen LogP contribution in [-0.2, 0) is 0 Å². The Morgan fingerprint density at radius 2 is 1.78 bits per heavy atom. The van der Waals surface area contributed by atoms with E-state index in [1.165, 1.54) is 28.1 Å². The largest absolute Gasteiger partial charge is 0.382 e. The highest BCUT2D eigenvalue weighted by molar-refractivity contribution is 6.01. The van der Waals surface area contributed by atoms with Crippen LogP contribution in [0, 0.1) is 13.8 Å². The molecule has 0 spiro atoms. The van der Waals surface area contributed by atoms with Gasteiger partial charge in [0, 0.05) is 23.0 Å². The summed E-state index contributed by atoms with van der Waals surface area (Å²) in [6.45, 7) is 8.70. The number of hydrogen-bond acceptors (Lipinski definition) is 3. The second-order valence-corrected chi connectivity index (χ2v) is 6.85. The van der Waals surface area contributed by atoms with Crippen molar-refractivity contribution in [2.45, 2.75) is 46.2 Å². The molecule has 0 saturated carbocycles. The fourth-order valence-corrected chi connectivity index (χ4v) is 3.86. The Kier molecular flexibility index (Phi) is 3.19. The third kappa shape index (κ3) is 2.23. The SMILES string of the molecule is CC1=Nc2ccc(C)c3c2C(CC(C)N3)N1c1ccc(C)cc1. The molecule has 118 valence electrons. The van der Waals surface area contributed by atoms with E-state index in [4.69, 9.17) is 4.99 Å². The maximum absolute atomic E-state index is 4.89. The lowest BCUT2D eigenvalue weighted by molar-refractivity contribution is 0.560. The average Bonchev–Trinajstić information content (AvgIpc) is 2.52. The molecule has 0 fully saturated rings. The molecule has 2 aromatic rings. The van der Waals surface area contributed by atoms with Crippen LogP contribution in [0.4, 0.5) is 17.1 Å². The zero-order valence-corrected chi connectivity index (χ0v) is 14.2. The molecule has 0 bridgehead atoms. The molecule has 2 aliphatic rings. The van der Waals surface area contributed by atoms with Gasteiger partial charge in [-0.25, -0.2) is 4.99 Å². The zero-order chi connectivity index (χ0) is 16.1. The number of nitrogens with zero attached hydrogens (tertiary/aromatic N) is 2. The van der Waals surface area contributed by atoms with Crippen molar-refractivity contribution in [1.29, 1.82) is 0 Å². The number of aliphatic imine (C=N–C) groups is 1. The van der Waals surface area contributed by atoms with Crippen molar-refractivity contribution in [1.82, 2.24) is 0 Å². The number of nitrogens with one attached hydrogen (secondary N) is 1. The van der Waals surface area contributed by atoms with Gasteiger partial charge in [0.15, 0.2) is 0 Å². The lowest BCUT2D eigenvalue weighted by atomic mass is 9.87. The van der Waals surface area contributed by atoms with Crippen LogP contribution in [-0.4, -0.2) is 11.9 Å². The molecule has 2 aliphatic heterocycles. The second-order valence-electron chi connectivity index (χ2n) is 6.85. The van der Waals surface area contributed by atoms with Crippen molar-refractivity contribution in [3.8, 4) is 0 Å². The van der Waals surface area contributed by atoms with Gasteiger partial charge in [0.05, 0.1) is 11.7 Å². The van der Waals surface area contributed by atoms with Crippen molar-refractivity contribution < 1.29 is 0 Å². The number of rotatable bonds is 1. The van der Waals surface area contributed by atoms with Gasteiger partial charge in [-0.05, 0) is 57.9 Å². The summed E-state index contributed by atoms with van der Waals surface area (Å²) >= 11 is 0.